The van der Waals surface area contributed by atoms with Gasteiger partial charge in [-0.25, -0.2) is 22.4 Å². The maximum Gasteiger partial charge on any atom is 0.341 e. The first kappa shape index (κ1) is 19.9. The van der Waals surface area contributed by atoms with E-state index in [0.29, 0.717) is 18.3 Å². The number of fused-ring (bicyclic) bond motifs is 1. The number of pyridine rings is 1. The first-order valence-electron chi connectivity index (χ1n) is 8.88. The predicted molar refractivity (Wildman–Crippen MR) is 99.2 cm³/mol. The molecule has 30 heavy (non-hydrogen) atoms. The Balaban J connectivity index is 2.12. The van der Waals surface area contributed by atoms with Crippen LogP contribution in [0.2, 0.25) is 0 Å². The summed E-state index contributed by atoms with van der Waals surface area (Å²) in [5.74, 6) is -6.08. The zero-order valence-corrected chi connectivity index (χ0v) is 15.2. The molecule has 4 rings (SSSR count). The third-order valence-electron chi connectivity index (χ3n) is 5.04. The first-order chi connectivity index (χ1) is 14.2. The molecule has 0 saturated carbocycles. The van der Waals surface area contributed by atoms with Gasteiger partial charge in [-0.1, -0.05) is 0 Å². The number of carboxylic acid groups (broad SMARTS) is 1. The zero-order chi connectivity index (χ0) is 21.7. The van der Waals surface area contributed by atoms with E-state index in [4.69, 9.17) is 0 Å². The highest BCUT2D eigenvalue weighted by atomic mass is 19.1. The zero-order valence-electron chi connectivity index (χ0n) is 15.2. The minimum atomic E-state index is -1.68. The number of benzene rings is 2. The Morgan fingerprint density at radius 2 is 1.83 bits per heavy atom. The Morgan fingerprint density at radius 3 is 2.43 bits per heavy atom. The van der Waals surface area contributed by atoms with Crippen molar-refractivity contribution in [2.24, 2.45) is 0 Å². The number of hydrogen-bond acceptors (Lipinski definition) is 4. The van der Waals surface area contributed by atoms with E-state index in [1.54, 1.807) is 0 Å². The molecule has 0 spiro atoms. The number of anilines is 1. The minimum Gasteiger partial charge on any atom is -0.477 e. The molecule has 156 valence electrons. The van der Waals surface area contributed by atoms with Crippen LogP contribution in [0.3, 0.4) is 0 Å². The molecule has 2 N–H and O–H groups in total. The Hall–Kier alpha value is -3.40. The second-order valence-corrected chi connectivity index (χ2v) is 6.95. The van der Waals surface area contributed by atoms with Gasteiger partial charge >= 0.3 is 5.97 Å². The van der Waals surface area contributed by atoms with Crippen molar-refractivity contribution < 1.29 is 32.6 Å². The number of rotatable bonds is 3. The van der Waals surface area contributed by atoms with E-state index in [1.165, 1.54) is 4.90 Å². The maximum atomic E-state index is 15.5. The van der Waals surface area contributed by atoms with Gasteiger partial charge < -0.3 is 19.7 Å². The summed E-state index contributed by atoms with van der Waals surface area (Å²) in [6.07, 6.45) is 0.187. The number of aromatic carboxylic acids is 1. The summed E-state index contributed by atoms with van der Waals surface area (Å²) in [6.45, 7) is 0.0879. The van der Waals surface area contributed by atoms with Crippen molar-refractivity contribution in [2.45, 2.75) is 12.5 Å². The number of aromatic nitrogens is 1. The maximum absolute atomic E-state index is 15.5. The van der Waals surface area contributed by atoms with Crippen LogP contribution in [0.25, 0.3) is 16.6 Å². The van der Waals surface area contributed by atoms with Gasteiger partial charge in [0.15, 0.2) is 5.82 Å². The number of halogens is 4. The van der Waals surface area contributed by atoms with Gasteiger partial charge in [0.25, 0.3) is 0 Å². The van der Waals surface area contributed by atoms with Gasteiger partial charge in [-0.3, -0.25) is 4.79 Å². The van der Waals surface area contributed by atoms with E-state index in [-0.39, 0.29) is 19.5 Å². The average Bonchev–Trinajstić information content (AvgIpc) is 3.08. The Bertz CT molecular complexity index is 1260. The third kappa shape index (κ3) is 3.09. The van der Waals surface area contributed by atoms with Crippen molar-refractivity contribution in [2.75, 3.05) is 18.0 Å². The lowest BCUT2D eigenvalue weighted by atomic mass is 10.1. The normalized spacial score (nSPS) is 16.4. The van der Waals surface area contributed by atoms with E-state index in [1.807, 2.05) is 0 Å². The van der Waals surface area contributed by atoms with Crippen molar-refractivity contribution in [3.05, 3.63) is 69.5 Å². The first-order valence-corrected chi connectivity index (χ1v) is 8.88. The van der Waals surface area contributed by atoms with Gasteiger partial charge in [0.05, 0.1) is 22.7 Å². The van der Waals surface area contributed by atoms with E-state index >= 15 is 4.39 Å². The second-order valence-electron chi connectivity index (χ2n) is 6.95. The van der Waals surface area contributed by atoms with Crippen LogP contribution in [0, 0.1) is 23.3 Å². The van der Waals surface area contributed by atoms with Gasteiger partial charge in [0.1, 0.15) is 28.7 Å². The van der Waals surface area contributed by atoms with Crippen molar-refractivity contribution in [3.63, 3.8) is 0 Å². The molecule has 1 fully saturated rings. The Labute approximate surface area is 166 Å². The fraction of sp³-hybridized carbons (Fsp3) is 0.200. The fourth-order valence-corrected chi connectivity index (χ4v) is 3.66. The molecule has 1 unspecified atom stereocenters. The van der Waals surface area contributed by atoms with Crippen molar-refractivity contribution in [1.82, 2.24) is 4.57 Å². The Morgan fingerprint density at radius 1 is 1.10 bits per heavy atom. The monoisotopic (exact) mass is 422 g/mol. The predicted octanol–water partition coefficient (Wildman–Crippen LogP) is 2.82. The molecule has 2 heterocycles. The number of aliphatic hydroxyl groups is 1. The summed E-state index contributed by atoms with van der Waals surface area (Å²) >= 11 is 0. The van der Waals surface area contributed by atoms with Crippen molar-refractivity contribution in [1.29, 1.82) is 0 Å². The molecular formula is C20H14F4N2O4. The number of β-amino-alcohol motifs (C(OH)–C–C–N with tert-alkyl or cyclic N) is 1. The van der Waals surface area contributed by atoms with Crippen LogP contribution in [0.1, 0.15) is 16.8 Å². The molecular weight excluding hydrogens is 408 g/mol. The second kappa shape index (κ2) is 7.13. The summed E-state index contributed by atoms with van der Waals surface area (Å²) in [4.78, 5) is 25.3. The third-order valence-corrected chi connectivity index (χ3v) is 5.04. The van der Waals surface area contributed by atoms with Gasteiger partial charge in [0.2, 0.25) is 5.43 Å². The molecule has 1 saturated heterocycles. The van der Waals surface area contributed by atoms with Gasteiger partial charge in [-0.15, -0.1) is 0 Å². The van der Waals surface area contributed by atoms with Crippen LogP contribution in [0.5, 0.6) is 0 Å². The lowest BCUT2D eigenvalue weighted by Gasteiger charge is -2.22. The summed E-state index contributed by atoms with van der Waals surface area (Å²) in [5, 5.41) is 18.4. The van der Waals surface area contributed by atoms with Crippen LogP contribution in [0.4, 0.5) is 23.2 Å². The van der Waals surface area contributed by atoms with E-state index in [9.17, 15) is 33.0 Å². The molecule has 1 aliphatic heterocycles. The van der Waals surface area contributed by atoms with Crippen LogP contribution in [0.15, 0.2) is 35.3 Å². The van der Waals surface area contributed by atoms with E-state index < -0.39 is 68.6 Å². The number of carbonyl (C=O) groups is 1. The smallest absolute Gasteiger partial charge is 0.341 e. The van der Waals surface area contributed by atoms with Gasteiger partial charge in [0, 0.05) is 25.4 Å². The van der Waals surface area contributed by atoms with E-state index in [0.717, 1.165) is 16.7 Å². The topological polar surface area (TPSA) is 82.8 Å². The molecule has 1 atom stereocenters. The summed E-state index contributed by atoms with van der Waals surface area (Å²) in [6, 6.07) is 3.02. The van der Waals surface area contributed by atoms with Crippen LogP contribution >= 0.6 is 0 Å². The summed E-state index contributed by atoms with van der Waals surface area (Å²) < 4.78 is 58.8. The molecule has 2 aromatic carbocycles. The summed E-state index contributed by atoms with van der Waals surface area (Å²) in [5.41, 5.74) is -3.51. The SMILES string of the molecule is O=C(O)c1cn(-c2ccc(F)cc2F)c2c(F)c(N3CCC(O)C3)c(F)cc2c1=O. The highest BCUT2D eigenvalue weighted by molar-refractivity contribution is 5.94. The molecule has 0 amide bonds. The van der Waals surface area contributed by atoms with Gasteiger partial charge in [-0.2, -0.15) is 0 Å². The number of carboxylic acids is 1. The lowest BCUT2D eigenvalue weighted by molar-refractivity contribution is 0.0695. The molecule has 0 bridgehead atoms. The number of hydrogen-bond donors (Lipinski definition) is 2. The molecule has 10 heteroatoms. The summed E-state index contributed by atoms with van der Waals surface area (Å²) in [7, 11) is 0. The largest absolute Gasteiger partial charge is 0.477 e. The fourth-order valence-electron chi connectivity index (χ4n) is 3.66. The van der Waals surface area contributed by atoms with Crippen LogP contribution in [-0.4, -0.2) is 39.9 Å². The quantitative estimate of drug-likeness (QED) is 0.635. The Kier molecular flexibility index (Phi) is 4.73. The van der Waals surface area contributed by atoms with Crippen molar-refractivity contribution >= 4 is 22.6 Å². The van der Waals surface area contributed by atoms with Gasteiger partial charge in [-0.05, 0) is 24.6 Å². The molecule has 0 aliphatic carbocycles. The number of aliphatic hydroxyl groups excluding tert-OH is 1. The molecule has 0 radical (unpaired) electrons. The standard InChI is InChI=1S/C20H14F4N2O4/c21-9-1-2-15(13(22)5-9)26-8-12(20(29)30)19(28)11-6-14(23)18(16(24)17(11)26)25-4-3-10(27)7-25/h1-2,5-6,8,10,27H,3-4,7H2,(H,29,30). The van der Waals surface area contributed by atoms with Crippen molar-refractivity contribution in [3.8, 4) is 5.69 Å². The lowest BCUT2D eigenvalue weighted by Crippen LogP contribution is -2.25. The minimum absolute atomic E-state index is 0.0539. The van der Waals surface area contributed by atoms with Crippen LogP contribution in [-0.2, 0) is 0 Å². The molecule has 6 nitrogen and oxygen atoms in total. The molecule has 1 aliphatic rings. The highest BCUT2D eigenvalue weighted by Gasteiger charge is 2.29. The highest BCUT2D eigenvalue weighted by Crippen LogP contribution is 2.33. The van der Waals surface area contributed by atoms with E-state index in [2.05, 4.69) is 0 Å². The number of nitrogens with zero attached hydrogens (tertiary/aromatic N) is 2. The molecule has 1 aromatic heterocycles. The average molecular weight is 422 g/mol. The molecule has 3 aromatic rings. The van der Waals surface area contributed by atoms with Crippen LogP contribution < -0.4 is 10.3 Å².